The Morgan fingerprint density at radius 1 is 1.00 bits per heavy atom. The van der Waals surface area contributed by atoms with E-state index in [0.29, 0.717) is 11.8 Å². The predicted octanol–water partition coefficient (Wildman–Crippen LogP) is 2.18. The van der Waals surface area contributed by atoms with E-state index in [9.17, 15) is 9.59 Å². The van der Waals surface area contributed by atoms with Crippen LogP contribution in [0.15, 0.2) is 54.6 Å². The number of hydrogen-bond acceptors (Lipinski definition) is 2. The van der Waals surface area contributed by atoms with E-state index in [-0.39, 0.29) is 5.78 Å². The van der Waals surface area contributed by atoms with Crippen molar-refractivity contribution < 1.29 is 9.59 Å². The molecule has 0 heterocycles. The molecule has 70 valence electrons. The molecule has 2 heteroatoms. The van der Waals surface area contributed by atoms with Gasteiger partial charge in [0.2, 0.25) is 0 Å². The first-order chi connectivity index (χ1) is 6.84. The van der Waals surface area contributed by atoms with Gasteiger partial charge in [0, 0.05) is 5.56 Å². The van der Waals surface area contributed by atoms with Crippen LogP contribution in [0, 0.1) is 0 Å². The lowest BCUT2D eigenvalue weighted by atomic mass is 10.1. The molecule has 0 amide bonds. The Labute approximate surface area is 82.6 Å². The minimum atomic E-state index is -0.0684. The summed E-state index contributed by atoms with van der Waals surface area (Å²) in [7, 11) is 0. The van der Waals surface area contributed by atoms with E-state index >= 15 is 0 Å². The molecule has 0 fully saturated rings. The lowest BCUT2D eigenvalue weighted by Gasteiger charge is -1.91. The van der Waals surface area contributed by atoms with E-state index in [0.717, 1.165) is 0 Å². The largest absolute Gasteiger partial charge is 0.299 e. The van der Waals surface area contributed by atoms with Crippen molar-refractivity contribution in [3.8, 4) is 0 Å². The Hall–Kier alpha value is -1.96. The minimum absolute atomic E-state index is 0.0684. The van der Waals surface area contributed by atoms with Gasteiger partial charge < -0.3 is 0 Å². The zero-order valence-corrected chi connectivity index (χ0v) is 7.59. The summed E-state index contributed by atoms with van der Waals surface area (Å²) in [6.45, 7) is 0. The Morgan fingerprint density at radius 2 is 1.71 bits per heavy atom. The van der Waals surface area contributed by atoms with Crippen LogP contribution in [0.4, 0.5) is 0 Å². The molecular formula is C12H10O2. The van der Waals surface area contributed by atoms with E-state index < -0.39 is 0 Å². The molecule has 1 aromatic rings. The van der Waals surface area contributed by atoms with E-state index in [2.05, 4.69) is 0 Å². The fourth-order valence-corrected chi connectivity index (χ4v) is 0.951. The summed E-state index contributed by atoms with van der Waals surface area (Å²) in [5.41, 5.74) is 0.642. The molecule has 0 N–H and O–H groups in total. The van der Waals surface area contributed by atoms with Crippen LogP contribution in [-0.4, -0.2) is 12.1 Å². The normalized spacial score (nSPS) is 10.9. The zero-order valence-electron chi connectivity index (χ0n) is 7.59. The molecule has 0 radical (unpaired) electrons. The summed E-state index contributed by atoms with van der Waals surface area (Å²) in [5, 5.41) is 0. The van der Waals surface area contributed by atoms with Gasteiger partial charge in [-0.3, -0.25) is 9.59 Å². The molecule has 0 aliphatic rings. The smallest absolute Gasteiger partial charge is 0.185 e. The van der Waals surface area contributed by atoms with Gasteiger partial charge in [-0.15, -0.1) is 0 Å². The maximum Gasteiger partial charge on any atom is 0.185 e. The third-order valence-electron chi connectivity index (χ3n) is 1.61. The molecule has 0 aromatic heterocycles. The van der Waals surface area contributed by atoms with E-state index in [4.69, 9.17) is 0 Å². The number of carbonyl (C=O) groups is 2. The average molecular weight is 186 g/mol. The molecule has 0 saturated carbocycles. The molecule has 0 aliphatic carbocycles. The summed E-state index contributed by atoms with van der Waals surface area (Å²) < 4.78 is 0. The highest BCUT2D eigenvalue weighted by Crippen LogP contribution is 2.00. The van der Waals surface area contributed by atoms with Gasteiger partial charge in [-0.25, -0.2) is 0 Å². The molecule has 0 spiro atoms. The molecule has 2 nitrogen and oxygen atoms in total. The van der Waals surface area contributed by atoms with Crippen molar-refractivity contribution in [2.45, 2.75) is 0 Å². The fraction of sp³-hybridized carbons (Fsp3) is 0. The Balaban J connectivity index is 2.64. The van der Waals surface area contributed by atoms with Crippen LogP contribution >= 0.6 is 0 Å². The molecule has 0 bridgehead atoms. The van der Waals surface area contributed by atoms with Gasteiger partial charge in [0.1, 0.15) is 6.29 Å². The lowest BCUT2D eigenvalue weighted by Crippen LogP contribution is -1.92. The van der Waals surface area contributed by atoms with Gasteiger partial charge in [-0.2, -0.15) is 0 Å². The van der Waals surface area contributed by atoms with Crippen molar-refractivity contribution >= 4 is 12.1 Å². The van der Waals surface area contributed by atoms with Crippen LogP contribution in [0.25, 0.3) is 0 Å². The fourth-order valence-electron chi connectivity index (χ4n) is 0.951. The van der Waals surface area contributed by atoms with Gasteiger partial charge in [0.15, 0.2) is 5.78 Å². The maximum absolute atomic E-state index is 11.4. The van der Waals surface area contributed by atoms with Crippen molar-refractivity contribution in [2.75, 3.05) is 0 Å². The standard InChI is InChI=1S/C12H10O2/c13-10-6-2-5-9-12(14)11-7-3-1-4-8-11/h1-10H/b6-2+,9-5+. The first-order valence-corrected chi connectivity index (χ1v) is 4.22. The van der Waals surface area contributed by atoms with Crippen molar-refractivity contribution in [1.29, 1.82) is 0 Å². The first-order valence-electron chi connectivity index (χ1n) is 4.22. The highest BCUT2D eigenvalue weighted by Gasteiger charge is 1.97. The van der Waals surface area contributed by atoms with Crippen LogP contribution in [0.2, 0.25) is 0 Å². The molecule has 0 aliphatic heterocycles. The summed E-state index contributed by atoms with van der Waals surface area (Å²) in [4.78, 5) is 21.3. The quantitative estimate of drug-likeness (QED) is 0.312. The summed E-state index contributed by atoms with van der Waals surface area (Å²) in [5.74, 6) is -0.0684. The number of benzene rings is 1. The summed E-state index contributed by atoms with van der Waals surface area (Å²) >= 11 is 0. The van der Waals surface area contributed by atoms with Crippen molar-refractivity contribution in [3.63, 3.8) is 0 Å². The highest BCUT2D eigenvalue weighted by atomic mass is 16.1. The molecule has 0 saturated heterocycles. The Kier molecular flexibility index (Phi) is 4.08. The minimum Gasteiger partial charge on any atom is -0.299 e. The number of rotatable bonds is 4. The van der Waals surface area contributed by atoms with E-state index in [1.807, 2.05) is 18.2 Å². The average Bonchev–Trinajstić information content (AvgIpc) is 2.25. The molecular weight excluding hydrogens is 176 g/mol. The SMILES string of the molecule is O=C/C=C/C=C/C(=O)c1ccccc1. The zero-order chi connectivity index (χ0) is 10.2. The first kappa shape index (κ1) is 10.1. The van der Waals surface area contributed by atoms with Crippen molar-refractivity contribution in [2.24, 2.45) is 0 Å². The summed E-state index contributed by atoms with van der Waals surface area (Å²) in [6.07, 6.45) is 6.49. The number of allylic oxidation sites excluding steroid dienone is 4. The van der Waals surface area contributed by atoms with Crippen LogP contribution in [0.1, 0.15) is 10.4 Å². The van der Waals surface area contributed by atoms with Crippen LogP contribution in [0.5, 0.6) is 0 Å². The van der Waals surface area contributed by atoms with E-state index in [1.165, 1.54) is 18.2 Å². The maximum atomic E-state index is 11.4. The van der Waals surface area contributed by atoms with Gasteiger partial charge in [-0.1, -0.05) is 42.5 Å². The number of hydrogen-bond donors (Lipinski definition) is 0. The Morgan fingerprint density at radius 3 is 2.36 bits per heavy atom. The number of aldehydes is 1. The molecule has 1 aromatic carbocycles. The van der Waals surface area contributed by atoms with E-state index in [1.54, 1.807) is 18.2 Å². The Bertz CT molecular complexity index is 361. The van der Waals surface area contributed by atoms with Crippen molar-refractivity contribution in [3.05, 3.63) is 60.2 Å². The predicted molar refractivity (Wildman–Crippen MR) is 55.1 cm³/mol. The van der Waals surface area contributed by atoms with Gasteiger partial charge >= 0.3 is 0 Å². The molecule has 1 rings (SSSR count). The molecule has 0 atom stereocenters. The topological polar surface area (TPSA) is 34.1 Å². The monoisotopic (exact) mass is 186 g/mol. The van der Waals surface area contributed by atoms with Crippen LogP contribution in [-0.2, 0) is 4.79 Å². The summed E-state index contributed by atoms with van der Waals surface area (Å²) in [6, 6.07) is 8.96. The molecule has 14 heavy (non-hydrogen) atoms. The second-order valence-corrected chi connectivity index (χ2v) is 2.61. The lowest BCUT2D eigenvalue weighted by molar-refractivity contribution is -0.104. The van der Waals surface area contributed by atoms with Gasteiger partial charge in [0.25, 0.3) is 0 Å². The third kappa shape index (κ3) is 3.19. The highest BCUT2D eigenvalue weighted by molar-refractivity contribution is 6.04. The van der Waals surface area contributed by atoms with Gasteiger partial charge in [-0.05, 0) is 12.2 Å². The number of carbonyl (C=O) groups excluding carboxylic acids is 2. The molecule has 0 unspecified atom stereocenters. The third-order valence-corrected chi connectivity index (χ3v) is 1.61. The van der Waals surface area contributed by atoms with Crippen LogP contribution < -0.4 is 0 Å². The van der Waals surface area contributed by atoms with Gasteiger partial charge in [0.05, 0.1) is 0 Å². The van der Waals surface area contributed by atoms with Crippen LogP contribution in [0.3, 0.4) is 0 Å². The number of ketones is 1. The second-order valence-electron chi connectivity index (χ2n) is 2.61. The van der Waals surface area contributed by atoms with Crippen molar-refractivity contribution in [1.82, 2.24) is 0 Å². The second kappa shape index (κ2) is 5.65.